The standard InChI is InChI=1S/C16H10Cl2N2O2/c17-12-6-5-10(7-13(12)18)15(21)8-22-16-11-3-1-2-4-14(11)19-9-20-16/h1-7,9H,8H2. The second-order valence-corrected chi connectivity index (χ2v) is 5.35. The van der Waals surface area contributed by atoms with Crippen LogP contribution in [-0.2, 0) is 0 Å². The van der Waals surface area contributed by atoms with Crippen molar-refractivity contribution in [1.82, 2.24) is 9.97 Å². The Bertz CT molecular complexity index is 847. The van der Waals surface area contributed by atoms with Gasteiger partial charge in [-0.15, -0.1) is 0 Å². The van der Waals surface area contributed by atoms with Crippen molar-refractivity contribution in [2.24, 2.45) is 0 Å². The lowest BCUT2D eigenvalue weighted by molar-refractivity contribution is 0.0919. The highest BCUT2D eigenvalue weighted by atomic mass is 35.5. The van der Waals surface area contributed by atoms with Gasteiger partial charge in [0.15, 0.2) is 12.4 Å². The van der Waals surface area contributed by atoms with Crippen molar-refractivity contribution in [1.29, 1.82) is 0 Å². The first-order valence-electron chi connectivity index (χ1n) is 6.46. The van der Waals surface area contributed by atoms with Crippen molar-refractivity contribution in [3.05, 3.63) is 64.4 Å². The molecule has 0 unspecified atom stereocenters. The molecular formula is C16H10Cl2N2O2. The topological polar surface area (TPSA) is 52.1 Å². The van der Waals surface area contributed by atoms with E-state index in [0.717, 1.165) is 10.9 Å². The molecular weight excluding hydrogens is 323 g/mol. The van der Waals surface area contributed by atoms with Crippen LogP contribution in [0.15, 0.2) is 48.8 Å². The molecule has 0 amide bonds. The molecule has 6 heteroatoms. The largest absolute Gasteiger partial charge is 0.469 e. The highest BCUT2D eigenvalue weighted by Gasteiger charge is 2.11. The van der Waals surface area contributed by atoms with Crippen LogP contribution < -0.4 is 4.74 Å². The number of aromatic nitrogens is 2. The SMILES string of the molecule is O=C(COc1ncnc2ccccc12)c1ccc(Cl)c(Cl)c1. The Morgan fingerprint density at radius 3 is 2.68 bits per heavy atom. The number of carbonyl (C=O) groups is 1. The van der Waals surface area contributed by atoms with Gasteiger partial charge in [0, 0.05) is 5.56 Å². The number of hydrogen-bond donors (Lipinski definition) is 0. The molecule has 0 aliphatic heterocycles. The van der Waals surface area contributed by atoms with Crippen LogP contribution >= 0.6 is 23.2 Å². The number of rotatable bonds is 4. The van der Waals surface area contributed by atoms with E-state index in [4.69, 9.17) is 27.9 Å². The molecule has 0 saturated heterocycles. The fourth-order valence-corrected chi connectivity index (χ4v) is 2.28. The maximum Gasteiger partial charge on any atom is 0.224 e. The fraction of sp³-hybridized carbons (Fsp3) is 0.0625. The monoisotopic (exact) mass is 332 g/mol. The number of benzene rings is 2. The summed E-state index contributed by atoms with van der Waals surface area (Å²) >= 11 is 11.7. The molecule has 0 fully saturated rings. The molecule has 0 aliphatic carbocycles. The lowest BCUT2D eigenvalue weighted by Crippen LogP contribution is -2.12. The van der Waals surface area contributed by atoms with Gasteiger partial charge < -0.3 is 4.74 Å². The van der Waals surface area contributed by atoms with Gasteiger partial charge in [-0.3, -0.25) is 4.79 Å². The number of ketones is 1. The summed E-state index contributed by atoms with van der Waals surface area (Å²) in [7, 11) is 0. The Hall–Kier alpha value is -2.17. The molecule has 3 aromatic rings. The first-order valence-corrected chi connectivity index (χ1v) is 7.21. The van der Waals surface area contributed by atoms with Crippen LogP contribution in [0.1, 0.15) is 10.4 Å². The first-order chi connectivity index (χ1) is 10.6. The number of halogens is 2. The maximum absolute atomic E-state index is 12.1. The van der Waals surface area contributed by atoms with Gasteiger partial charge in [0.1, 0.15) is 6.33 Å². The Morgan fingerprint density at radius 1 is 1.05 bits per heavy atom. The van der Waals surface area contributed by atoms with Crippen LogP contribution in [0.3, 0.4) is 0 Å². The average molecular weight is 333 g/mol. The van der Waals surface area contributed by atoms with E-state index in [0.29, 0.717) is 21.5 Å². The normalized spacial score (nSPS) is 10.6. The van der Waals surface area contributed by atoms with Crippen molar-refractivity contribution in [2.45, 2.75) is 0 Å². The van der Waals surface area contributed by atoms with Gasteiger partial charge in [0.25, 0.3) is 0 Å². The third-order valence-electron chi connectivity index (χ3n) is 3.09. The van der Waals surface area contributed by atoms with E-state index < -0.39 is 0 Å². The summed E-state index contributed by atoms with van der Waals surface area (Å²) in [6.45, 7) is -0.140. The van der Waals surface area contributed by atoms with Crippen molar-refractivity contribution in [3.8, 4) is 5.88 Å². The minimum absolute atomic E-state index is 0.140. The van der Waals surface area contributed by atoms with Crippen LogP contribution in [-0.4, -0.2) is 22.4 Å². The zero-order valence-corrected chi connectivity index (χ0v) is 12.8. The lowest BCUT2D eigenvalue weighted by Gasteiger charge is -2.07. The number of Topliss-reactive ketones (excluding diaryl/α,β-unsaturated/α-hetero) is 1. The molecule has 0 bridgehead atoms. The summed E-state index contributed by atoms with van der Waals surface area (Å²) in [5.41, 5.74) is 1.20. The lowest BCUT2D eigenvalue weighted by atomic mass is 10.1. The van der Waals surface area contributed by atoms with Crippen molar-refractivity contribution in [2.75, 3.05) is 6.61 Å². The van der Waals surface area contributed by atoms with Crippen LogP contribution in [0.5, 0.6) is 5.88 Å². The molecule has 0 aliphatic rings. The second-order valence-electron chi connectivity index (χ2n) is 4.54. The van der Waals surface area contributed by atoms with Gasteiger partial charge in [0.2, 0.25) is 5.88 Å². The highest BCUT2D eigenvalue weighted by Crippen LogP contribution is 2.24. The van der Waals surface area contributed by atoms with E-state index in [1.54, 1.807) is 12.1 Å². The van der Waals surface area contributed by atoms with Crippen molar-refractivity contribution < 1.29 is 9.53 Å². The van der Waals surface area contributed by atoms with E-state index in [-0.39, 0.29) is 12.4 Å². The minimum atomic E-state index is -0.207. The maximum atomic E-state index is 12.1. The van der Waals surface area contributed by atoms with Crippen LogP contribution in [0.4, 0.5) is 0 Å². The second kappa shape index (κ2) is 6.30. The third-order valence-corrected chi connectivity index (χ3v) is 3.83. The number of fused-ring (bicyclic) bond motifs is 1. The van der Waals surface area contributed by atoms with E-state index in [1.807, 2.05) is 24.3 Å². The van der Waals surface area contributed by atoms with E-state index >= 15 is 0 Å². The number of carbonyl (C=O) groups excluding carboxylic acids is 1. The Labute approximate surface area is 136 Å². The zero-order chi connectivity index (χ0) is 15.5. The molecule has 22 heavy (non-hydrogen) atoms. The average Bonchev–Trinajstić information content (AvgIpc) is 2.55. The van der Waals surface area contributed by atoms with E-state index in [2.05, 4.69) is 9.97 Å². The van der Waals surface area contributed by atoms with Gasteiger partial charge in [-0.25, -0.2) is 9.97 Å². The molecule has 0 saturated carbocycles. The molecule has 0 atom stereocenters. The highest BCUT2D eigenvalue weighted by molar-refractivity contribution is 6.42. The number of hydrogen-bond acceptors (Lipinski definition) is 4. The van der Waals surface area contributed by atoms with Gasteiger partial charge in [-0.2, -0.15) is 0 Å². The molecule has 0 spiro atoms. The Kier molecular flexibility index (Phi) is 4.22. The molecule has 1 aromatic heterocycles. The molecule has 110 valence electrons. The predicted octanol–water partition coefficient (Wildman–Crippen LogP) is 4.20. The number of ether oxygens (including phenoxy) is 1. The summed E-state index contributed by atoms with van der Waals surface area (Å²) in [4.78, 5) is 20.4. The quantitative estimate of drug-likeness (QED) is 0.672. The number of para-hydroxylation sites is 1. The van der Waals surface area contributed by atoms with Gasteiger partial charge in [0.05, 0.1) is 20.9 Å². The molecule has 3 rings (SSSR count). The van der Waals surface area contributed by atoms with Gasteiger partial charge >= 0.3 is 0 Å². The molecule has 1 heterocycles. The summed E-state index contributed by atoms with van der Waals surface area (Å²) in [5, 5.41) is 1.49. The number of nitrogens with zero attached hydrogens (tertiary/aromatic N) is 2. The fourth-order valence-electron chi connectivity index (χ4n) is 1.98. The zero-order valence-electron chi connectivity index (χ0n) is 11.3. The molecule has 4 nitrogen and oxygen atoms in total. The smallest absolute Gasteiger partial charge is 0.224 e. The van der Waals surface area contributed by atoms with E-state index in [1.165, 1.54) is 12.4 Å². The summed E-state index contributed by atoms with van der Waals surface area (Å²) in [6, 6.07) is 12.1. The van der Waals surface area contributed by atoms with Crippen molar-refractivity contribution >= 4 is 39.9 Å². The summed E-state index contributed by atoms with van der Waals surface area (Å²) < 4.78 is 5.53. The molecule has 2 aromatic carbocycles. The van der Waals surface area contributed by atoms with E-state index in [9.17, 15) is 4.79 Å². The summed E-state index contributed by atoms with van der Waals surface area (Å²) in [5.74, 6) is 0.167. The first kappa shape index (κ1) is 14.8. The van der Waals surface area contributed by atoms with Crippen LogP contribution in [0, 0.1) is 0 Å². The predicted molar refractivity (Wildman–Crippen MR) is 85.8 cm³/mol. The van der Waals surface area contributed by atoms with Gasteiger partial charge in [-0.1, -0.05) is 35.3 Å². The Balaban J connectivity index is 1.79. The summed E-state index contributed by atoms with van der Waals surface area (Å²) in [6.07, 6.45) is 1.40. The van der Waals surface area contributed by atoms with Gasteiger partial charge in [-0.05, 0) is 30.3 Å². The van der Waals surface area contributed by atoms with Crippen molar-refractivity contribution in [3.63, 3.8) is 0 Å². The van der Waals surface area contributed by atoms with Crippen LogP contribution in [0.2, 0.25) is 10.0 Å². The van der Waals surface area contributed by atoms with Crippen LogP contribution in [0.25, 0.3) is 10.9 Å². The Morgan fingerprint density at radius 2 is 1.86 bits per heavy atom. The molecule has 0 radical (unpaired) electrons. The minimum Gasteiger partial charge on any atom is -0.469 e. The third kappa shape index (κ3) is 3.03. The molecule has 0 N–H and O–H groups in total.